The molecule has 0 amide bonds. The summed E-state index contributed by atoms with van der Waals surface area (Å²) in [6, 6.07) is 3.88. The van der Waals surface area contributed by atoms with E-state index < -0.39 is 0 Å². The Balaban J connectivity index is 1.87. The van der Waals surface area contributed by atoms with E-state index in [0.717, 1.165) is 22.3 Å². The summed E-state index contributed by atoms with van der Waals surface area (Å²) < 4.78 is 12.0. The van der Waals surface area contributed by atoms with E-state index in [1.165, 1.54) is 0 Å². The second kappa shape index (κ2) is 6.41. The summed E-state index contributed by atoms with van der Waals surface area (Å²) >= 11 is 3.36. The first-order chi connectivity index (χ1) is 9.42. The average Bonchev–Trinajstić information content (AvgIpc) is 2.81. The molecule has 0 saturated carbocycles. The molecule has 0 aliphatic heterocycles. The molecule has 1 N–H and O–H groups in total. The van der Waals surface area contributed by atoms with Gasteiger partial charge < -0.3 is 14.5 Å². The van der Waals surface area contributed by atoms with E-state index in [9.17, 15) is 0 Å². The molecular formula is C15H19BrN2O2. The van der Waals surface area contributed by atoms with Crippen molar-refractivity contribution in [1.82, 2.24) is 10.3 Å². The Morgan fingerprint density at radius 2 is 2.10 bits per heavy atom. The third kappa shape index (κ3) is 4.98. The number of nitrogens with zero attached hydrogens (tertiary/aromatic N) is 1. The van der Waals surface area contributed by atoms with Crippen molar-refractivity contribution in [3.63, 3.8) is 0 Å². The number of hydrogen-bond donors (Lipinski definition) is 1. The van der Waals surface area contributed by atoms with Crippen LogP contribution in [0.2, 0.25) is 0 Å². The van der Waals surface area contributed by atoms with Crippen LogP contribution < -0.4 is 10.1 Å². The fraction of sp³-hybridized carbons (Fsp3) is 0.400. The fourth-order valence-electron chi connectivity index (χ4n) is 1.59. The lowest BCUT2D eigenvalue weighted by Gasteiger charge is -2.19. The quantitative estimate of drug-likeness (QED) is 0.897. The van der Waals surface area contributed by atoms with Crippen molar-refractivity contribution in [2.24, 2.45) is 0 Å². The third-order valence-electron chi connectivity index (χ3n) is 2.59. The number of nitrogens with one attached hydrogen (secondary N) is 1. The summed E-state index contributed by atoms with van der Waals surface area (Å²) in [4.78, 5) is 4.05. The number of furan rings is 1. The second-order valence-electron chi connectivity index (χ2n) is 5.65. The molecule has 0 aromatic carbocycles. The largest absolute Gasteiger partial charge is 0.484 e. The van der Waals surface area contributed by atoms with Gasteiger partial charge in [-0.25, -0.2) is 0 Å². The zero-order valence-corrected chi connectivity index (χ0v) is 13.5. The summed E-state index contributed by atoms with van der Waals surface area (Å²) in [5.74, 6) is 1.51. The van der Waals surface area contributed by atoms with Crippen LogP contribution in [0.1, 0.15) is 32.1 Å². The van der Waals surface area contributed by atoms with Gasteiger partial charge in [-0.15, -0.1) is 0 Å². The van der Waals surface area contributed by atoms with Gasteiger partial charge in [-0.05, 0) is 48.8 Å². The minimum absolute atomic E-state index is 0.0932. The van der Waals surface area contributed by atoms with Gasteiger partial charge in [0.2, 0.25) is 0 Å². The van der Waals surface area contributed by atoms with Gasteiger partial charge in [-0.3, -0.25) is 4.98 Å². The topological polar surface area (TPSA) is 47.3 Å². The van der Waals surface area contributed by atoms with Gasteiger partial charge >= 0.3 is 0 Å². The van der Waals surface area contributed by atoms with E-state index in [0.29, 0.717) is 12.4 Å². The Kier molecular flexibility index (Phi) is 4.83. The van der Waals surface area contributed by atoms with E-state index >= 15 is 0 Å². The summed E-state index contributed by atoms with van der Waals surface area (Å²) in [5.41, 5.74) is 1.21. The Labute approximate surface area is 127 Å². The molecule has 0 spiro atoms. The maximum atomic E-state index is 5.62. The van der Waals surface area contributed by atoms with Crippen LogP contribution in [0.25, 0.3) is 0 Å². The number of hydrogen-bond acceptors (Lipinski definition) is 4. The van der Waals surface area contributed by atoms with Gasteiger partial charge in [-0.1, -0.05) is 0 Å². The molecule has 2 aromatic rings. The highest BCUT2D eigenvalue weighted by molar-refractivity contribution is 9.10. The molecule has 20 heavy (non-hydrogen) atoms. The fourth-order valence-corrected chi connectivity index (χ4v) is 1.93. The minimum atomic E-state index is 0.0932. The zero-order valence-electron chi connectivity index (χ0n) is 11.9. The highest BCUT2D eigenvalue weighted by atomic mass is 79.9. The van der Waals surface area contributed by atoms with E-state index in [-0.39, 0.29) is 5.54 Å². The molecular weight excluding hydrogens is 320 g/mol. The SMILES string of the molecule is CC(C)(C)NCc1coc(COc2cncc(Br)c2)c1. The number of aromatic nitrogens is 1. The molecule has 2 heterocycles. The van der Waals surface area contributed by atoms with Crippen molar-refractivity contribution in [1.29, 1.82) is 0 Å². The van der Waals surface area contributed by atoms with Crippen LogP contribution in [0.5, 0.6) is 5.75 Å². The van der Waals surface area contributed by atoms with Gasteiger partial charge in [0, 0.05) is 28.3 Å². The van der Waals surface area contributed by atoms with Crippen molar-refractivity contribution in [2.75, 3.05) is 0 Å². The van der Waals surface area contributed by atoms with Crippen LogP contribution in [0.4, 0.5) is 0 Å². The predicted octanol–water partition coefficient (Wildman–Crippen LogP) is 3.90. The molecule has 2 rings (SSSR count). The van der Waals surface area contributed by atoms with Crippen molar-refractivity contribution in [3.8, 4) is 5.75 Å². The first-order valence-electron chi connectivity index (χ1n) is 6.47. The standard InChI is InChI=1S/C15H19BrN2O2/c1-15(2,3)18-6-11-4-14(19-9-11)10-20-13-5-12(16)7-17-8-13/h4-5,7-9,18H,6,10H2,1-3H3. The molecule has 0 aliphatic rings. The summed E-state index contributed by atoms with van der Waals surface area (Å²) in [5, 5.41) is 3.42. The predicted molar refractivity (Wildman–Crippen MR) is 81.6 cm³/mol. The lowest BCUT2D eigenvalue weighted by atomic mass is 10.1. The van der Waals surface area contributed by atoms with Gasteiger partial charge in [0.1, 0.15) is 18.1 Å². The highest BCUT2D eigenvalue weighted by Crippen LogP contribution is 2.18. The molecule has 0 bridgehead atoms. The van der Waals surface area contributed by atoms with Gasteiger partial charge in [0.15, 0.2) is 0 Å². The molecule has 0 radical (unpaired) electrons. The maximum absolute atomic E-state index is 5.62. The van der Waals surface area contributed by atoms with Gasteiger partial charge in [0.25, 0.3) is 0 Å². The van der Waals surface area contributed by atoms with Crippen LogP contribution in [0.3, 0.4) is 0 Å². The normalized spacial score (nSPS) is 11.6. The summed E-state index contributed by atoms with van der Waals surface area (Å²) in [6.07, 6.45) is 5.16. The number of pyridine rings is 1. The second-order valence-corrected chi connectivity index (χ2v) is 6.57. The molecule has 0 aliphatic carbocycles. The van der Waals surface area contributed by atoms with Crippen LogP contribution in [-0.2, 0) is 13.2 Å². The van der Waals surface area contributed by atoms with Gasteiger partial charge in [0.05, 0.1) is 12.5 Å². The smallest absolute Gasteiger partial charge is 0.146 e. The van der Waals surface area contributed by atoms with E-state index in [2.05, 4.69) is 47.0 Å². The Hall–Kier alpha value is -1.33. The van der Waals surface area contributed by atoms with Gasteiger partial charge in [-0.2, -0.15) is 0 Å². The lowest BCUT2D eigenvalue weighted by Crippen LogP contribution is -2.34. The molecule has 0 saturated heterocycles. The van der Waals surface area contributed by atoms with Crippen LogP contribution >= 0.6 is 15.9 Å². The minimum Gasteiger partial charge on any atom is -0.484 e. The van der Waals surface area contributed by atoms with Crippen molar-refractivity contribution in [2.45, 2.75) is 39.5 Å². The van der Waals surface area contributed by atoms with Crippen LogP contribution in [-0.4, -0.2) is 10.5 Å². The van der Waals surface area contributed by atoms with Crippen LogP contribution in [0.15, 0.2) is 39.7 Å². The number of halogens is 1. The highest BCUT2D eigenvalue weighted by Gasteiger charge is 2.10. The number of rotatable bonds is 5. The van der Waals surface area contributed by atoms with E-state index in [4.69, 9.17) is 9.15 Å². The van der Waals surface area contributed by atoms with Crippen molar-refractivity contribution < 1.29 is 9.15 Å². The molecule has 108 valence electrons. The molecule has 5 heteroatoms. The van der Waals surface area contributed by atoms with Crippen molar-refractivity contribution in [3.05, 3.63) is 46.6 Å². The third-order valence-corrected chi connectivity index (χ3v) is 3.03. The Morgan fingerprint density at radius 1 is 1.30 bits per heavy atom. The van der Waals surface area contributed by atoms with E-state index in [1.807, 2.05) is 12.1 Å². The van der Waals surface area contributed by atoms with E-state index in [1.54, 1.807) is 18.7 Å². The first-order valence-corrected chi connectivity index (χ1v) is 7.26. The zero-order chi connectivity index (χ0) is 14.6. The molecule has 0 fully saturated rings. The first kappa shape index (κ1) is 15.1. The Bertz CT molecular complexity index is 561. The Morgan fingerprint density at radius 3 is 2.80 bits per heavy atom. The summed E-state index contributed by atoms with van der Waals surface area (Å²) in [6.45, 7) is 7.59. The maximum Gasteiger partial charge on any atom is 0.146 e. The average molecular weight is 339 g/mol. The molecule has 0 unspecified atom stereocenters. The molecule has 0 atom stereocenters. The van der Waals surface area contributed by atoms with Crippen LogP contribution in [0, 0.1) is 0 Å². The molecule has 2 aromatic heterocycles. The molecule has 4 nitrogen and oxygen atoms in total. The summed E-state index contributed by atoms with van der Waals surface area (Å²) in [7, 11) is 0. The lowest BCUT2D eigenvalue weighted by molar-refractivity contribution is 0.269. The van der Waals surface area contributed by atoms with Crippen molar-refractivity contribution >= 4 is 15.9 Å². The monoisotopic (exact) mass is 338 g/mol. The number of ether oxygens (including phenoxy) is 1.